The number of carbonyl (C=O) groups is 1. The number of amides is 1. The van der Waals surface area contributed by atoms with Gasteiger partial charge in [-0.15, -0.1) is 0 Å². The minimum Gasteiger partial charge on any atom is -0.478 e. The summed E-state index contributed by atoms with van der Waals surface area (Å²) < 4.78 is 10.8. The molecule has 30 heavy (non-hydrogen) atoms. The molecule has 1 aliphatic rings. The summed E-state index contributed by atoms with van der Waals surface area (Å²) in [5.74, 6) is 0.818. The Morgan fingerprint density at radius 1 is 1.13 bits per heavy atom. The van der Waals surface area contributed by atoms with Gasteiger partial charge < -0.3 is 14.2 Å². The van der Waals surface area contributed by atoms with Crippen molar-refractivity contribution in [1.29, 1.82) is 0 Å². The van der Waals surface area contributed by atoms with E-state index >= 15 is 0 Å². The number of benzene rings is 1. The largest absolute Gasteiger partial charge is 0.478 e. The molecule has 9 heteroatoms. The zero-order chi connectivity index (χ0) is 21.1. The van der Waals surface area contributed by atoms with Crippen LogP contribution in [0.25, 0.3) is 0 Å². The maximum Gasteiger partial charge on any atom is 0.292 e. The summed E-state index contributed by atoms with van der Waals surface area (Å²) in [6.45, 7) is 1.57. The third-order valence-electron chi connectivity index (χ3n) is 5.19. The molecule has 4 rings (SSSR count). The molecule has 0 bridgehead atoms. The topological polar surface area (TPSA) is 68.5 Å². The van der Waals surface area contributed by atoms with E-state index in [4.69, 9.17) is 44.1 Å². The number of halogens is 3. The molecule has 0 unspecified atom stereocenters. The van der Waals surface area contributed by atoms with Crippen LogP contribution in [0.3, 0.4) is 0 Å². The Morgan fingerprint density at radius 3 is 2.70 bits per heavy atom. The van der Waals surface area contributed by atoms with Gasteiger partial charge in [0.2, 0.25) is 11.6 Å². The average Bonchev–Trinajstić information content (AvgIpc) is 3.41. The van der Waals surface area contributed by atoms with Crippen LogP contribution in [0.2, 0.25) is 15.1 Å². The van der Waals surface area contributed by atoms with E-state index in [2.05, 4.69) is 10.1 Å². The highest BCUT2D eigenvalue weighted by atomic mass is 35.5. The molecule has 1 amide bonds. The van der Waals surface area contributed by atoms with Gasteiger partial charge in [0.25, 0.3) is 5.91 Å². The van der Waals surface area contributed by atoms with Crippen LogP contribution in [0.15, 0.2) is 53.3 Å². The van der Waals surface area contributed by atoms with Crippen molar-refractivity contribution >= 4 is 40.7 Å². The zero-order valence-corrected chi connectivity index (χ0v) is 18.1. The Labute approximate surface area is 188 Å². The predicted molar refractivity (Wildman–Crippen MR) is 114 cm³/mol. The Morgan fingerprint density at radius 2 is 2.00 bits per heavy atom. The Kier molecular flexibility index (Phi) is 6.46. The van der Waals surface area contributed by atoms with Gasteiger partial charge in [-0.1, -0.05) is 46.0 Å². The minimum absolute atomic E-state index is 0.0911. The maximum absolute atomic E-state index is 12.8. The quantitative estimate of drug-likeness (QED) is 0.489. The third-order valence-corrected chi connectivity index (χ3v) is 6.15. The predicted octanol–water partition coefficient (Wildman–Crippen LogP) is 5.35. The summed E-state index contributed by atoms with van der Waals surface area (Å²) in [7, 11) is 0. The van der Waals surface area contributed by atoms with E-state index in [1.807, 2.05) is 12.1 Å². The summed E-state index contributed by atoms with van der Waals surface area (Å²) in [4.78, 5) is 18.7. The highest BCUT2D eigenvalue weighted by Crippen LogP contribution is 2.37. The van der Waals surface area contributed by atoms with Crippen molar-refractivity contribution in [2.24, 2.45) is 5.92 Å². The van der Waals surface area contributed by atoms with Gasteiger partial charge in [-0.2, -0.15) is 0 Å². The lowest BCUT2D eigenvalue weighted by molar-refractivity contribution is 0.0742. The first-order valence-corrected chi connectivity index (χ1v) is 10.5. The molecule has 2 aromatic heterocycles. The fourth-order valence-electron chi connectivity index (χ4n) is 3.69. The lowest BCUT2D eigenvalue weighted by Crippen LogP contribution is -2.28. The van der Waals surface area contributed by atoms with Gasteiger partial charge in [-0.3, -0.25) is 4.79 Å². The molecule has 0 aliphatic carbocycles. The summed E-state index contributed by atoms with van der Waals surface area (Å²) in [5.41, 5.74) is 1.03. The van der Waals surface area contributed by atoms with Crippen LogP contribution in [0.1, 0.15) is 28.5 Å². The van der Waals surface area contributed by atoms with Crippen molar-refractivity contribution in [3.8, 4) is 5.88 Å². The number of likely N-dealkylation sites (tertiary alicyclic amines) is 1. The van der Waals surface area contributed by atoms with Gasteiger partial charge in [0, 0.05) is 37.3 Å². The summed E-state index contributed by atoms with van der Waals surface area (Å²) >= 11 is 18.2. The van der Waals surface area contributed by atoms with E-state index in [0.29, 0.717) is 40.6 Å². The number of hydrogen-bond donors (Lipinski definition) is 0. The first-order valence-electron chi connectivity index (χ1n) is 9.40. The van der Waals surface area contributed by atoms with E-state index in [9.17, 15) is 4.79 Å². The molecule has 2 atom stereocenters. The number of aromatic nitrogens is 2. The van der Waals surface area contributed by atoms with Gasteiger partial charge in [-0.05, 0) is 36.1 Å². The fraction of sp³-hybridized carbons (Fsp3) is 0.286. The Bertz CT molecular complexity index is 1010. The lowest BCUT2D eigenvalue weighted by atomic mass is 9.87. The molecule has 6 nitrogen and oxygen atoms in total. The summed E-state index contributed by atoms with van der Waals surface area (Å²) in [6, 6.07) is 10.6. The Balaban J connectivity index is 1.49. The first kappa shape index (κ1) is 21.0. The van der Waals surface area contributed by atoms with Gasteiger partial charge >= 0.3 is 0 Å². The van der Waals surface area contributed by atoms with Crippen LogP contribution < -0.4 is 4.74 Å². The number of carbonyl (C=O) groups excluding carboxylic acids is 1. The normalized spacial score (nSPS) is 18.6. The van der Waals surface area contributed by atoms with E-state index < -0.39 is 0 Å². The van der Waals surface area contributed by atoms with Crippen molar-refractivity contribution in [2.75, 3.05) is 19.7 Å². The van der Waals surface area contributed by atoms with E-state index in [1.165, 1.54) is 6.20 Å². The second kappa shape index (κ2) is 9.25. The van der Waals surface area contributed by atoms with Crippen LogP contribution >= 0.6 is 34.8 Å². The lowest BCUT2D eigenvalue weighted by Gasteiger charge is -2.19. The van der Waals surface area contributed by atoms with Crippen molar-refractivity contribution < 1.29 is 14.1 Å². The standard InChI is InChI=1S/C21H18Cl3N3O3/c22-15-2-4-20(25-10-15)29-8-6-14-11-27(21(28)19-5-7-26-30-19)12-16(14)13-1-3-17(23)18(24)9-13/h1-5,7,9-10,14,16H,6,8,11-12H2/t14-,16-/m1/s1. The molecule has 0 saturated carbocycles. The third kappa shape index (κ3) is 4.72. The molecule has 0 N–H and O–H groups in total. The fourth-order valence-corrected chi connectivity index (χ4v) is 4.11. The molecule has 1 fully saturated rings. The van der Waals surface area contributed by atoms with Crippen LogP contribution in [-0.2, 0) is 0 Å². The van der Waals surface area contributed by atoms with E-state index in [1.54, 1.807) is 35.4 Å². The molecule has 3 aromatic rings. The molecule has 0 spiro atoms. The molecule has 1 saturated heterocycles. The molecule has 0 radical (unpaired) electrons. The van der Waals surface area contributed by atoms with Crippen molar-refractivity contribution in [2.45, 2.75) is 12.3 Å². The highest BCUT2D eigenvalue weighted by Gasteiger charge is 2.37. The van der Waals surface area contributed by atoms with Gasteiger partial charge in [0.1, 0.15) is 0 Å². The minimum atomic E-state index is -0.180. The van der Waals surface area contributed by atoms with E-state index in [-0.39, 0.29) is 23.5 Å². The molecule has 3 heterocycles. The number of hydrogen-bond acceptors (Lipinski definition) is 5. The summed E-state index contributed by atoms with van der Waals surface area (Å²) in [6.07, 6.45) is 3.74. The van der Waals surface area contributed by atoms with Gasteiger partial charge in [-0.25, -0.2) is 4.98 Å². The molecular weight excluding hydrogens is 449 g/mol. The molecule has 1 aromatic carbocycles. The van der Waals surface area contributed by atoms with Gasteiger partial charge in [0.05, 0.1) is 27.9 Å². The first-order chi connectivity index (χ1) is 14.5. The highest BCUT2D eigenvalue weighted by molar-refractivity contribution is 6.42. The second-order valence-corrected chi connectivity index (χ2v) is 8.33. The number of ether oxygens (including phenoxy) is 1. The monoisotopic (exact) mass is 465 g/mol. The molecular formula is C21H18Cl3N3O3. The molecule has 1 aliphatic heterocycles. The average molecular weight is 467 g/mol. The van der Waals surface area contributed by atoms with Crippen LogP contribution in [-0.4, -0.2) is 40.6 Å². The maximum atomic E-state index is 12.8. The van der Waals surface area contributed by atoms with Crippen molar-refractivity contribution in [3.05, 3.63) is 75.2 Å². The van der Waals surface area contributed by atoms with Crippen LogP contribution in [0, 0.1) is 5.92 Å². The SMILES string of the molecule is O=C(c1ccno1)N1C[C@@H](CCOc2ccc(Cl)cn2)[C@@H](c2ccc(Cl)c(Cl)c2)C1. The number of rotatable bonds is 6. The van der Waals surface area contributed by atoms with E-state index in [0.717, 1.165) is 12.0 Å². The van der Waals surface area contributed by atoms with Crippen molar-refractivity contribution in [3.63, 3.8) is 0 Å². The summed E-state index contributed by atoms with van der Waals surface area (Å²) in [5, 5.41) is 5.18. The van der Waals surface area contributed by atoms with Gasteiger partial charge in [0.15, 0.2) is 0 Å². The molecule has 156 valence electrons. The second-order valence-electron chi connectivity index (χ2n) is 7.08. The zero-order valence-electron chi connectivity index (χ0n) is 15.8. The van der Waals surface area contributed by atoms with Crippen LogP contribution in [0.5, 0.6) is 5.88 Å². The number of nitrogens with zero attached hydrogens (tertiary/aromatic N) is 3. The van der Waals surface area contributed by atoms with Crippen molar-refractivity contribution in [1.82, 2.24) is 15.0 Å². The number of pyridine rings is 1. The Hall–Kier alpha value is -2.28. The van der Waals surface area contributed by atoms with Crippen LogP contribution in [0.4, 0.5) is 0 Å². The smallest absolute Gasteiger partial charge is 0.292 e.